The van der Waals surface area contributed by atoms with Crippen LogP contribution in [-0.4, -0.2) is 40.8 Å². The van der Waals surface area contributed by atoms with E-state index in [0.29, 0.717) is 5.69 Å². The fraction of sp³-hybridized carbons (Fsp3) is 0.304. The van der Waals surface area contributed by atoms with Crippen LogP contribution < -0.4 is 15.5 Å². The third kappa shape index (κ3) is 7.75. The maximum atomic E-state index is 13.4. The minimum absolute atomic E-state index is 0.220. The van der Waals surface area contributed by atoms with Gasteiger partial charge in [-0.2, -0.15) is 0 Å². The van der Waals surface area contributed by atoms with E-state index in [9.17, 15) is 19.2 Å². The molecule has 9 heteroatoms. The Morgan fingerprint density at radius 1 is 0.969 bits per heavy atom. The van der Waals surface area contributed by atoms with Gasteiger partial charge in [0.1, 0.15) is 11.6 Å². The summed E-state index contributed by atoms with van der Waals surface area (Å²) < 4.78 is 5.37. The van der Waals surface area contributed by atoms with Crippen molar-refractivity contribution in [3.05, 3.63) is 60.7 Å². The molecule has 2 aromatic rings. The van der Waals surface area contributed by atoms with E-state index in [2.05, 4.69) is 10.6 Å². The molecule has 0 radical (unpaired) electrons. The topological polar surface area (TPSA) is 125 Å². The van der Waals surface area contributed by atoms with Crippen molar-refractivity contribution in [2.24, 2.45) is 0 Å². The predicted octanol–water partition coefficient (Wildman–Crippen LogP) is 4.01. The molecular weight excluding hydrogens is 414 g/mol. The molecular formula is C23H27N3O6. The largest absolute Gasteiger partial charge is 0.481 e. The molecule has 0 aliphatic heterocycles. The Balaban J connectivity index is 2.30. The molecule has 2 aromatic carbocycles. The van der Waals surface area contributed by atoms with Crippen LogP contribution in [0.3, 0.4) is 0 Å². The Hall–Kier alpha value is -3.88. The molecule has 1 unspecified atom stereocenters. The summed E-state index contributed by atoms with van der Waals surface area (Å²) in [6, 6.07) is 14.6. The molecule has 4 amide bonds. The number of hydrogen-bond acceptors (Lipinski definition) is 5. The Labute approximate surface area is 186 Å². The lowest BCUT2D eigenvalue weighted by molar-refractivity contribution is -0.137. The average molecular weight is 441 g/mol. The zero-order valence-corrected chi connectivity index (χ0v) is 18.2. The van der Waals surface area contributed by atoms with Gasteiger partial charge in [-0.25, -0.2) is 14.5 Å². The van der Waals surface area contributed by atoms with E-state index in [4.69, 9.17) is 9.84 Å². The second-order valence-electron chi connectivity index (χ2n) is 7.94. The minimum Gasteiger partial charge on any atom is -0.481 e. The lowest BCUT2D eigenvalue weighted by atomic mass is 10.1. The smallest absolute Gasteiger partial charge is 0.421 e. The number of para-hydroxylation sites is 2. The number of nitrogens with one attached hydrogen (secondary N) is 2. The molecule has 0 fully saturated rings. The minimum atomic E-state index is -1.29. The molecule has 3 N–H and O–H groups in total. The van der Waals surface area contributed by atoms with Crippen LogP contribution in [0.4, 0.5) is 21.0 Å². The fourth-order valence-corrected chi connectivity index (χ4v) is 2.74. The van der Waals surface area contributed by atoms with Crippen molar-refractivity contribution in [3.8, 4) is 0 Å². The van der Waals surface area contributed by atoms with Gasteiger partial charge in [-0.1, -0.05) is 36.4 Å². The molecule has 0 heterocycles. The average Bonchev–Trinajstić information content (AvgIpc) is 2.71. The summed E-state index contributed by atoms with van der Waals surface area (Å²) in [6.45, 7) is 4.98. The van der Waals surface area contributed by atoms with Gasteiger partial charge in [0, 0.05) is 12.1 Å². The SMILES string of the molecule is CC(C)(C)OC(=O)N(C(=O)C(CCC(=O)O)NC(=O)Nc1ccccc1)c1ccccc1. The van der Waals surface area contributed by atoms with Crippen LogP contribution in [0.15, 0.2) is 60.7 Å². The predicted molar refractivity (Wildman–Crippen MR) is 119 cm³/mol. The number of rotatable bonds is 7. The molecule has 170 valence electrons. The van der Waals surface area contributed by atoms with E-state index in [1.54, 1.807) is 81.4 Å². The van der Waals surface area contributed by atoms with Crippen LogP contribution in [0, 0.1) is 0 Å². The number of aliphatic carboxylic acids is 1. The molecule has 0 aromatic heterocycles. The standard InChI is InChI=1S/C23H27N3O6/c1-23(2,3)32-22(31)26(17-12-8-5-9-13-17)20(29)18(14-15-19(27)28)25-21(30)24-16-10-6-4-7-11-16/h4-13,18H,14-15H2,1-3H3,(H,27,28)(H2,24,25,30). The number of anilines is 2. The van der Waals surface area contributed by atoms with Gasteiger partial charge < -0.3 is 20.5 Å². The van der Waals surface area contributed by atoms with Crippen molar-refractivity contribution in [3.63, 3.8) is 0 Å². The second-order valence-corrected chi connectivity index (χ2v) is 7.94. The number of carboxylic acids is 1. The second kappa shape index (κ2) is 10.9. The Kier molecular flexibility index (Phi) is 8.34. The molecule has 9 nitrogen and oxygen atoms in total. The molecule has 1 atom stereocenters. The van der Waals surface area contributed by atoms with Crippen LogP contribution in [0.5, 0.6) is 0 Å². The van der Waals surface area contributed by atoms with Crippen molar-refractivity contribution in [2.75, 3.05) is 10.2 Å². The van der Waals surface area contributed by atoms with Crippen LogP contribution >= 0.6 is 0 Å². The third-order valence-corrected chi connectivity index (χ3v) is 4.09. The Morgan fingerprint density at radius 2 is 1.53 bits per heavy atom. The van der Waals surface area contributed by atoms with Crippen LogP contribution in [0.2, 0.25) is 0 Å². The zero-order chi connectivity index (χ0) is 23.7. The van der Waals surface area contributed by atoms with Gasteiger partial charge in [0.15, 0.2) is 0 Å². The van der Waals surface area contributed by atoms with Crippen molar-refractivity contribution >= 4 is 35.4 Å². The first kappa shape index (κ1) is 24.4. The molecule has 0 aliphatic rings. The summed E-state index contributed by atoms with van der Waals surface area (Å²) in [6.07, 6.45) is -1.54. The van der Waals surface area contributed by atoms with Gasteiger partial charge >= 0.3 is 18.1 Å². The number of carboxylic acid groups (broad SMARTS) is 1. The van der Waals surface area contributed by atoms with Crippen LogP contribution in [-0.2, 0) is 14.3 Å². The van der Waals surface area contributed by atoms with Gasteiger partial charge in [-0.15, -0.1) is 0 Å². The Bertz CT molecular complexity index is 941. The maximum absolute atomic E-state index is 13.4. The number of nitrogens with zero attached hydrogens (tertiary/aromatic N) is 1. The summed E-state index contributed by atoms with van der Waals surface area (Å²) in [5.41, 5.74) is -0.155. The molecule has 0 bridgehead atoms. The first-order chi connectivity index (χ1) is 15.1. The number of carbonyl (C=O) groups excluding carboxylic acids is 3. The van der Waals surface area contributed by atoms with Crippen LogP contribution in [0.1, 0.15) is 33.6 Å². The monoisotopic (exact) mass is 441 g/mol. The highest BCUT2D eigenvalue weighted by molar-refractivity contribution is 6.15. The molecule has 0 aliphatic carbocycles. The lowest BCUT2D eigenvalue weighted by Gasteiger charge is -2.29. The fourth-order valence-electron chi connectivity index (χ4n) is 2.74. The van der Waals surface area contributed by atoms with Gasteiger partial charge in [-0.05, 0) is 51.5 Å². The van der Waals surface area contributed by atoms with Gasteiger partial charge in [-0.3, -0.25) is 9.59 Å². The van der Waals surface area contributed by atoms with Gasteiger partial charge in [0.2, 0.25) is 0 Å². The number of ether oxygens (including phenoxy) is 1. The zero-order valence-electron chi connectivity index (χ0n) is 18.2. The quantitative estimate of drug-likeness (QED) is 0.596. The van der Waals surface area contributed by atoms with Gasteiger partial charge in [0.05, 0.1) is 5.69 Å². The molecule has 32 heavy (non-hydrogen) atoms. The summed E-state index contributed by atoms with van der Waals surface area (Å²) in [4.78, 5) is 50.6. The number of carbonyl (C=O) groups is 4. The first-order valence-electron chi connectivity index (χ1n) is 10.0. The summed E-state index contributed by atoms with van der Waals surface area (Å²) >= 11 is 0. The highest BCUT2D eigenvalue weighted by atomic mass is 16.6. The first-order valence-corrected chi connectivity index (χ1v) is 10.0. The van der Waals surface area contributed by atoms with Crippen molar-refractivity contribution < 1.29 is 29.0 Å². The van der Waals surface area contributed by atoms with Gasteiger partial charge in [0.25, 0.3) is 5.91 Å². The summed E-state index contributed by atoms with van der Waals surface area (Å²) in [7, 11) is 0. The number of amides is 4. The van der Waals surface area contributed by atoms with Crippen molar-refractivity contribution in [1.82, 2.24) is 5.32 Å². The normalized spacial score (nSPS) is 11.7. The van der Waals surface area contributed by atoms with Crippen LogP contribution in [0.25, 0.3) is 0 Å². The number of imide groups is 1. The van der Waals surface area contributed by atoms with E-state index in [1.165, 1.54) is 0 Å². The maximum Gasteiger partial charge on any atom is 0.421 e. The third-order valence-electron chi connectivity index (χ3n) is 4.09. The van der Waals surface area contributed by atoms with E-state index < -0.39 is 35.6 Å². The van der Waals surface area contributed by atoms with E-state index in [1.807, 2.05) is 0 Å². The molecule has 0 saturated carbocycles. The summed E-state index contributed by atoms with van der Waals surface area (Å²) in [5, 5.41) is 14.1. The van der Waals surface area contributed by atoms with E-state index >= 15 is 0 Å². The van der Waals surface area contributed by atoms with Crippen molar-refractivity contribution in [1.29, 1.82) is 0 Å². The number of urea groups is 1. The molecule has 0 saturated heterocycles. The number of hydrogen-bond donors (Lipinski definition) is 3. The van der Waals surface area contributed by atoms with Crippen molar-refractivity contribution in [2.45, 2.75) is 45.3 Å². The summed E-state index contributed by atoms with van der Waals surface area (Å²) in [5.74, 6) is -1.95. The Morgan fingerprint density at radius 3 is 2.06 bits per heavy atom. The highest BCUT2D eigenvalue weighted by Gasteiger charge is 2.34. The lowest BCUT2D eigenvalue weighted by Crippen LogP contribution is -2.52. The number of benzene rings is 2. The molecule has 2 rings (SSSR count). The highest BCUT2D eigenvalue weighted by Crippen LogP contribution is 2.20. The van der Waals surface area contributed by atoms with E-state index in [0.717, 1.165) is 4.90 Å². The van der Waals surface area contributed by atoms with E-state index in [-0.39, 0.29) is 18.5 Å². The molecule has 0 spiro atoms.